The normalized spacial score (nSPS) is 10.5. The summed E-state index contributed by atoms with van der Waals surface area (Å²) >= 11 is 5.89. The van der Waals surface area contributed by atoms with Crippen LogP contribution in [0.25, 0.3) is 0 Å². The van der Waals surface area contributed by atoms with E-state index >= 15 is 0 Å². The zero-order valence-electron chi connectivity index (χ0n) is 19.9. The van der Waals surface area contributed by atoms with Crippen molar-refractivity contribution in [3.8, 4) is 11.5 Å². The van der Waals surface area contributed by atoms with Crippen LogP contribution in [0.5, 0.6) is 11.5 Å². The third-order valence-electron chi connectivity index (χ3n) is 5.10. The molecular formula is C27H29ClN2O5. The maximum atomic E-state index is 12.8. The van der Waals surface area contributed by atoms with E-state index in [0.29, 0.717) is 29.5 Å². The van der Waals surface area contributed by atoms with Crippen molar-refractivity contribution in [3.05, 3.63) is 88.7 Å². The average molecular weight is 497 g/mol. The van der Waals surface area contributed by atoms with Gasteiger partial charge in [0.25, 0.3) is 0 Å². The van der Waals surface area contributed by atoms with Gasteiger partial charge in [0.1, 0.15) is 18.0 Å². The highest BCUT2D eigenvalue weighted by Crippen LogP contribution is 2.19. The number of carbonyl (C=O) groups excluding carboxylic acids is 2. The van der Waals surface area contributed by atoms with Crippen molar-refractivity contribution in [3.63, 3.8) is 0 Å². The second kappa shape index (κ2) is 13.3. The minimum Gasteiger partial charge on any atom is -0.493 e. The van der Waals surface area contributed by atoms with E-state index in [-0.39, 0.29) is 19.7 Å². The van der Waals surface area contributed by atoms with Gasteiger partial charge < -0.3 is 14.2 Å². The van der Waals surface area contributed by atoms with Crippen LogP contribution < -0.4 is 9.47 Å². The molecule has 0 saturated carbocycles. The molecule has 8 heteroatoms. The Morgan fingerprint density at radius 2 is 1.77 bits per heavy atom. The number of aromatic nitrogens is 1. The molecule has 3 aromatic rings. The van der Waals surface area contributed by atoms with Gasteiger partial charge in [0, 0.05) is 29.9 Å². The summed E-state index contributed by atoms with van der Waals surface area (Å²) in [5.41, 5.74) is 2.94. The SMILES string of the molecule is CCOC(=O)CN(Cc1cccc(OCCc2ccc(CC)cn2)c1)C(=O)Oc1ccc(Cl)cc1. The summed E-state index contributed by atoms with van der Waals surface area (Å²) in [6, 6.07) is 17.9. The first-order chi connectivity index (χ1) is 17.0. The predicted octanol–water partition coefficient (Wildman–Crippen LogP) is 5.48. The van der Waals surface area contributed by atoms with Crippen LogP contribution in [-0.2, 0) is 28.9 Å². The number of esters is 1. The Hall–Kier alpha value is -3.58. The van der Waals surface area contributed by atoms with Crippen molar-refractivity contribution >= 4 is 23.7 Å². The Kier molecular flexibility index (Phi) is 9.93. The molecule has 1 heterocycles. The number of halogens is 1. The van der Waals surface area contributed by atoms with Gasteiger partial charge in [-0.3, -0.25) is 14.7 Å². The van der Waals surface area contributed by atoms with E-state index < -0.39 is 12.1 Å². The zero-order valence-corrected chi connectivity index (χ0v) is 20.7. The highest BCUT2D eigenvalue weighted by Gasteiger charge is 2.21. The van der Waals surface area contributed by atoms with E-state index in [2.05, 4.69) is 18.0 Å². The van der Waals surface area contributed by atoms with Crippen molar-refractivity contribution in [1.29, 1.82) is 0 Å². The van der Waals surface area contributed by atoms with Crippen LogP contribution in [-0.4, -0.2) is 41.7 Å². The number of ether oxygens (including phenoxy) is 3. The smallest absolute Gasteiger partial charge is 0.416 e. The summed E-state index contributed by atoms with van der Waals surface area (Å²) in [6.45, 7) is 4.39. The topological polar surface area (TPSA) is 78.0 Å². The first-order valence-electron chi connectivity index (χ1n) is 11.5. The third kappa shape index (κ3) is 8.61. The molecule has 1 amide bonds. The zero-order chi connectivity index (χ0) is 25.0. The minimum atomic E-state index is -0.673. The van der Waals surface area contributed by atoms with E-state index in [4.69, 9.17) is 25.8 Å². The monoisotopic (exact) mass is 496 g/mol. The number of hydrogen-bond donors (Lipinski definition) is 0. The van der Waals surface area contributed by atoms with Crippen molar-refractivity contribution in [2.24, 2.45) is 0 Å². The van der Waals surface area contributed by atoms with Gasteiger partial charge in [-0.1, -0.05) is 36.7 Å². The Morgan fingerprint density at radius 3 is 2.46 bits per heavy atom. The molecule has 0 radical (unpaired) electrons. The first kappa shape index (κ1) is 26.0. The Bertz CT molecular complexity index is 1100. The number of rotatable bonds is 11. The Morgan fingerprint density at radius 1 is 0.971 bits per heavy atom. The second-order valence-corrected chi connectivity index (χ2v) is 8.18. The first-order valence-corrected chi connectivity index (χ1v) is 11.9. The fraction of sp³-hybridized carbons (Fsp3) is 0.296. The summed E-state index contributed by atoms with van der Waals surface area (Å²) < 4.78 is 16.3. The third-order valence-corrected chi connectivity index (χ3v) is 5.35. The van der Waals surface area contributed by atoms with Gasteiger partial charge in [0.15, 0.2) is 0 Å². The average Bonchev–Trinajstić information content (AvgIpc) is 2.86. The molecule has 184 valence electrons. The van der Waals surface area contributed by atoms with E-state index in [1.54, 1.807) is 31.2 Å². The lowest BCUT2D eigenvalue weighted by Crippen LogP contribution is -2.38. The summed E-state index contributed by atoms with van der Waals surface area (Å²) in [6.07, 6.45) is 2.85. The quantitative estimate of drug-likeness (QED) is 0.327. The summed E-state index contributed by atoms with van der Waals surface area (Å²) in [5, 5.41) is 0.527. The summed E-state index contributed by atoms with van der Waals surface area (Å²) in [4.78, 5) is 30.7. The Balaban J connectivity index is 1.63. The van der Waals surface area contributed by atoms with Gasteiger partial charge in [-0.15, -0.1) is 0 Å². The van der Waals surface area contributed by atoms with Crippen molar-refractivity contribution < 1.29 is 23.8 Å². The molecule has 0 aliphatic carbocycles. The molecule has 0 saturated heterocycles. The number of amides is 1. The van der Waals surface area contributed by atoms with Crippen molar-refractivity contribution in [2.45, 2.75) is 33.2 Å². The molecule has 0 aliphatic heterocycles. The van der Waals surface area contributed by atoms with Gasteiger partial charge in [0.2, 0.25) is 0 Å². The lowest BCUT2D eigenvalue weighted by Gasteiger charge is -2.21. The van der Waals surface area contributed by atoms with Crippen LogP contribution in [0.3, 0.4) is 0 Å². The molecule has 0 unspecified atom stereocenters. The van der Waals surface area contributed by atoms with E-state index in [1.807, 2.05) is 36.5 Å². The molecule has 0 aliphatic rings. The summed E-state index contributed by atoms with van der Waals surface area (Å²) in [7, 11) is 0. The van der Waals surface area contributed by atoms with E-state index in [1.165, 1.54) is 10.5 Å². The molecule has 0 N–H and O–H groups in total. The lowest BCUT2D eigenvalue weighted by molar-refractivity contribution is -0.144. The molecule has 35 heavy (non-hydrogen) atoms. The van der Waals surface area contributed by atoms with Gasteiger partial charge in [-0.2, -0.15) is 0 Å². The molecule has 0 bridgehead atoms. The van der Waals surface area contributed by atoms with Gasteiger partial charge >= 0.3 is 12.1 Å². The number of nitrogens with zero attached hydrogens (tertiary/aromatic N) is 2. The maximum absolute atomic E-state index is 12.8. The number of pyridine rings is 1. The number of hydrogen-bond acceptors (Lipinski definition) is 6. The molecule has 3 rings (SSSR count). The van der Waals surface area contributed by atoms with Gasteiger partial charge in [-0.25, -0.2) is 4.79 Å². The number of aryl methyl sites for hydroxylation is 1. The molecule has 1 aromatic heterocycles. The molecule has 7 nitrogen and oxygen atoms in total. The van der Waals surface area contributed by atoms with Crippen LogP contribution >= 0.6 is 11.6 Å². The lowest BCUT2D eigenvalue weighted by atomic mass is 10.2. The number of carbonyl (C=O) groups is 2. The fourth-order valence-electron chi connectivity index (χ4n) is 3.26. The molecule has 0 spiro atoms. The van der Waals surface area contributed by atoms with Crippen LogP contribution in [0.4, 0.5) is 4.79 Å². The fourth-order valence-corrected chi connectivity index (χ4v) is 3.38. The highest BCUT2D eigenvalue weighted by atomic mass is 35.5. The molecule has 0 atom stereocenters. The molecule has 2 aromatic carbocycles. The maximum Gasteiger partial charge on any atom is 0.416 e. The molecule has 0 fully saturated rings. The van der Waals surface area contributed by atoms with Crippen LogP contribution in [0.2, 0.25) is 5.02 Å². The predicted molar refractivity (Wildman–Crippen MR) is 134 cm³/mol. The van der Waals surface area contributed by atoms with Gasteiger partial charge in [0.05, 0.1) is 13.2 Å². The number of benzene rings is 2. The van der Waals surface area contributed by atoms with E-state index in [9.17, 15) is 9.59 Å². The van der Waals surface area contributed by atoms with E-state index in [0.717, 1.165) is 17.7 Å². The molecular weight excluding hydrogens is 468 g/mol. The van der Waals surface area contributed by atoms with Gasteiger partial charge in [-0.05, 0) is 66.9 Å². The van der Waals surface area contributed by atoms with Crippen LogP contribution in [0, 0.1) is 0 Å². The highest BCUT2D eigenvalue weighted by molar-refractivity contribution is 6.30. The second-order valence-electron chi connectivity index (χ2n) is 7.74. The minimum absolute atomic E-state index is 0.141. The van der Waals surface area contributed by atoms with Crippen LogP contribution in [0.1, 0.15) is 30.7 Å². The largest absolute Gasteiger partial charge is 0.493 e. The summed E-state index contributed by atoms with van der Waals surface area (Å²) in [5.74, 6) is 0.468. The van der Waals surface area contributed by atoms with Crippen LogP contribution in [0.15, 0.2) is 66.9 Å². The standard InChI is InChI=1S/C27H29ClN2O5/c1-3-20-8-11-23(29-17-20)14-15-34-25-7-5-6-21(16-25)18-30(19-26(31)33-4-2)27(32)35-24-12-9-22(28)10-13-24/h5-13,16-17H,3-4,14-15,18-19H2,1-2H3. The Labute approximate surface area is 210 Å². The van der Waals surface area contributed by atoms with Crippen molar-refractivity contribution in [1.82, 2.24) is 9.88 Å². The van der Waals surface area contributed by atoms with Crippen molar-refractivity contribution in [2.75, 3.05) is 19.8 Å².